The SMILES string of the molecule is [C-]#[N+]c1c(-c2ccccc2)c(C#N)c(-n2c3ccccc3c3ccc4c(c32)C(C)(C)c2ccccc2-4)c(-c2ccccc2)c1-n1c2ccccc2c2ccc3c(c21)C(C)(C)c1ccccc1-3. The van der Waals surface area contributed by atoms with E-state index >= 15 is 0 Å². The first-order valence-electron chi connectivity index (χ1n) is 22.7. The summed E-state index contributed by atoms with van der Waals surface area (Å²) in [7, 11) is 0. The minimum atomic E-state index is -0.368. The van der Waals surface area contributed by atoms with E-state index in [9.17, 15) is 11.8 Å². The van der Waals surface area contributed by atoms with E-state index in [2.05, 4.69) is 193 Å². The van der Waals surface area contributed by atoms with Crippen molar-refractivity contribution in [3.63, 3.8) is 0 Å². The fraction of sp³-hybridized carbons (Fsp3) is 0.0968. The molecule has 13 rings (SSSR count). The van der Waals surface area contributed by atoms with Crippen molar-refractivity contribution in [3.8, 4) is 62.0 Å². The molecule has 2 aromatic heterocycles. The molecule has 0 amide bonds. The van der Waals surface area contributed by atoms with E-state index in [4.69, 9.17) is 0 Å². The highest BCUT2D eigenvalue weighted by molar-refractivity contribution is 6.18. The minimum absolute atomic E-state index is 0.367. The highest BCUT2D eigenvalue weighted by Crippen LogP contribution is 2.58. The van der Waals surface area contributed by atoms with Gasteiger partial charge in [-0.15, -0.1) is 0 Å². The topological polar surface area (TPSA) is 38.0 Å². The molecule has 0 saturated carbocycles. The second kappa shape index (κ2) is 13.5. The first-order valence-corrected chi connectivity index (χ1v) is 22.7. The Kier molecular flexibility index (Phi) is 7.81. The number of hydrogen-bond donors (Lipinski definition) is 0. The normalized spacial score (nSPS) is 14.0. The molecule has 0 N–H and O–H groups in total. The van der Waals surface area contributed by atoms with E-state index in [-0.39, 0.29) is 10.8 Å². The Morgan fingerprint density at radius 3 is 1.35 bits per heavy atom. The monoisotopic (exact) mass is 842 g/mol. The van der Waals surface area contributed by atoms with Crippen molar-refractivity contribution in [3.05, 3.63) is 221 Å². The average molecular weight is 843 g/mol. The van der Waals surface area contributed by atoms with E-state index in [1.807, 2.05) is 36.4 Å². The Hall–Kier alpha value is -8.44. The predicted octanol–water partition coefficient (Wildman–Crippen LogP) is 16.2. The van der Waals surface area contributed by atoms with Gasteiger partial charge in [0.25, 0.3) is 0 Å². The zero-order chi connectivity index (χ0) is 44.6. The van der Waals surface area contributed by atoms with Crippen LogP contribution in [0.4, 0.5) is 5.69 Å². The lowest BCUT2D eigenvalue weighted by Gasteiger charge is -2.29. The van der Waals surface area contributed by atoms with Gasteiger partial charge in [-0.3, -0.25) is 0 Å². The molecular weight excluding hydrogens is 801 g/mol. The van der Waals surface area contributed by atoms with E-state index in [0.717, 1.165) is 71.7 Å². The molecule has 66 heavy (non-hydrogen) atoms. The number of nitrogens with zero attached hydrogens (tertiary/aromatic N) is 4. The molecule has 2 heterocycles. The van der Waals surface area contributed by atoms with Crippen molar-refractivity contribution in [1.82, 2.24) is 9.13 Å². The molecule has 0 fully saturated rings. The Bertz CT molecular complexity index is 3780. The maximum atomic E-state index is 12.0. The second-order valence-corrected chi connectivity index (χ2v) is 18.9. The van der Waals surface area contributed by atoms with Gasteiger partial charge in [0.1, 0.15) is 6.07 Å². The van der Waals surface area contributed by atoms with E-state index in [0.29, 0.717) is 16.8 Å². The third kappa shape index (κ3) is 4.80. The fourth-order valence-corrected chi connectivity index (χ4v) is 12.2. The summed E-state index contributed by atoms with van der Waals surface area (Å²) in [5, 5.41) is 16.5. The van der Waals surface area contributed by atoms with Crippen molar-refractivity contribution in [2.75, 3.05) is 0 Å². The third-order valence-corrected chi connectivity index (χ3v) is 14.9. The van der Waals surface area contributed by atoms with Crippen LogP contribution in [0.3, 0.4) is 0 Å². The Morgan fingerprint density at radius 2 is 0.864 bits per heavy atom. The molecule has 310 valence electrons. The summed E-state index contributed by atoms with van der Waals surface area (Å²) >= 11 is 0. The van der Waals surface area contributed by atoms with Gasteiger partial charge in [0.15, 0.2) is 0 Å². The van der Waals surface area contributed by atoms with Crippen LogP contribution in [0.1, 0.15) is 55.5 Å². The quantitative estimate of drug-likeness (QED) is 0.163. The summed E-state index contributed by atoms with van der Waals surface area (Å²) in [6.07, 6.45) is 0. The van der Waals surface area contributed by atoms with Gasteiger partial charge in [0.2, 0.25) is 5.69 Å². The number of benzene rings is 9. The summed E-state index contributed by atoms with van der Waals surface area (Å²) < 4.78 is 4.81. The lowest BCUT2D eigenvalue weighted by atomic mass is 9.81. The molecular formula is C62H42N4. The predicted molar refractivity (Wildman–Crippen MR) is 272 cm³/mol. The van der Waals surface area contributed by atoms with Gasteiger partial charge in [-0.25, -0.2) is 4.85 Å². The van der Waals surface area contributed by atoms with Crippen molar-refractivity contribution >= 4 is 49.3 Å². The van der Waals surface area contributed by atoms with Crippen LogP contribution in [0, 0.1) is 17.9 Å². The zero-order valence-electron chi connectivity index (χ0n) is 37.1. The standard InChI is InChI=1S/C62H42N4/c1-61(2)48-28-16-12-24-39(48)43-32-34-45-41-26-14-18-30-50(41)65(58(45)54(43)61)57-47(36-63)52(37-20-8-6-9-21-37)56(64-5)60(53(57)38-22-10-7-11-23-38)66-51-31-19-15-27-42(51)46-35-33-44-40-25-13-17-29-49(40)62(3,4)55(44)59(46)66/h6-35H,1-4H3. The second-order valence-electron chi connectivity index (χ2n) is 18.9. The van der Waals surface area contributed by atoms with Gasteiger partial charge in [-0.05, 0) is 67.8 Å². The molecule has 2 aliphatic rings. The number of fused-ring (bicyclic) bond motifs is 14. The number of rotatable bonds is 4. The number of nitriles is 1. The van der Waals surface area contributed by atoms with Crippen LogP contribution in [0.15, 0.2) is 182 Å². The molecule has 2 aliphatic carbocycles. The lowest BCUT2D eigenvalue weighted by molar-refractivity contribution is 0.664. The van der Waals surface area contributed by atoms with E-state index in [1.54, 1.807) is 0 Å². The molecule has 0 aliphatic heterocycles. The molecule has 4 nitrogen and oxygen atoms in total. The fourth-order valence-electron chi connectivity index (χ4n) is 12.2. The van der Waals surface area contributed by atoms with Gasteiger partial charge in [0.05, 0.1) is 45.6 Å². The van der Waals surface area contributed by atoms with Crippen molar-refractivity contribution < 1.29 is 0 Å². The maximum absolute atomic E-state index is 12.0. The lowest BCUT2D eigenvalue weighted by Crippen LogP contribution is -2.18. The molecule has 0 saturated heterocycles. The van der Waals surface area contributed by atoms with Crippen molar-refractivity contribution in [2.45, 2.75) is 38.5 Å². The smallest absolute Gasteiger partial charge is 0.220 e. The molecule has 0 atom stereocenters. The van der Waals surface area contributed by atoms with Gasteiger partial charge >= 0.3 is 0 Å². The minimum Gasteiger partial charge on any atom is -0.318 e. The summed E-state index contributed by atoms with van der Waals surface area (Å²) in [6.45, 7) is 18.7. The van der Waals surface area contributed by atoms with Crippen LogP contribution in [0.5, 0.6) is 0 Å². The highest BCUT2D eigenvalue weighted by atomic mass is 15.0. The van der Waals surface area contributed by atoms with Crippen LogP contribution in [-0.4, -0.2) is 9.13 Å². The van der Waals surface area contributed by atoms with Crippen LogP contribution in [0.2, 0.25) is 0 Å². The van der Waals surface area contributed by atoms with Crippen LogP contribution < -0.4 is 0 Å². The molecule has 0 unspecified atom stereocenters. The number of para-hydroxylation sites is 2. The number of hydrogen-bond acceptors (Lipinski definition) is 1. The molecule has 9 aromatic carbocycles. The maximum Gasteiger partial charge on any atom is 0.220 e. The summed E-state index contributed by atoms with van der Waals surface area (Å²) in [6, 6.07) is 67.4. The van der Waals surface area contributed by atoms with Gasteiger partial charge in [-0.1, -0.05) is 198 Å². The van der Waals surface area contributed by atoms with Crippen LogP contribution in [0.25, 0.3) is 104 Å². The summed E-state index contributed by atoms with van der Waals surface area (Å²) in [4.78, 5) is 4.60. The first kappa shape index (κ1) is 38.1. The van der Waals surface area contributed by atoms with Crippen LogP contribution in [-0.2, 0) is 10.8 Å². The molecule has 0 radical (unpaired) electrons. The molecule has 11 aromatic rings. The average Bonchev–Trinajstić information content (AvgIpc) is 4.02. The van der Waals surface area contributed by atoms with Gasteiger partial charge in [-0.2, -0.15) is 5.26 Å². The van der Waals surface area contributed by atoms with Crippen molar-refractivity contribution in [2.24, 2.45) is 0 Å². The van der Waals surface area contributed by atoms with E-state index in [1.165, 1.54) is 44.5 Å². The van der Waals surface area contributed by atoms with Gasteiger partial charge < -0.3 is 9.13 Å². The summed E-state index contributed by atoms with van der Waals surface area (Å²) in [5.74, 6) is 0. The molecule has 0 spiro atoms. The number of aromatic nitrogens is 2. The first-order chi connectivity index (χ1) is 32.3. The Labute approximate surface area is 383 Å². The highest BCUT2D eigenvalue weighted by Gasteiger charge is 2.42. The van der Waals surface area contributed by atoms with Crippen molar-refractivity contribution in [1.29, 1.82) is 5.26 Å². The Morgan fingerprint density at radius 1 is 0.439 bits per heavy atom. The van der Waals surface area contributed by atoms with Crippen LogP contribution >= 0.6 is 0 Å². The molecule has 4 heteroatoms. The third-order valence-electron chi connectivity index (χ3n) is 14.9. The largest absolute Gasteiger partial charge is 0.318 e. The molecule has 0 bridgehead atoms. The Balaban J connectivity index is 1.33. The van der Waals surface area contributed by atoms with E-state index < -0.39 is 0 Å². The van der Waals surface area contributed by atoms with Gasteiger partial charge in [0, 0.05) is 43.5 Å². The summed E-state index contributed by atoms with van der Waals surface area (Å²) in [5.41, 5.74) is 18.9. The zero-order valence-corrected chi connectivity index (χ0v) is 37.1.